The number of nitrogens with one attached hydrogen (secondary N) is 2. The molecule has 1 rings (SSSR count). The minimum atomic E-state index is -0.590. The minimum Gasteiger partial charge on any atom is -0.383 e. The van der Waals surface area contributed by atoms with E-state index in [1.807, 2.05) is 0 Å². The van der Waals surface area contributed by atoms with Crippen LogP contribution in [0, 0.1) is 11.6 Å². The second-order valence-electron chi connectivity index (χ2n) is 4.05. The first-order valence-electron chi connectivity index (χ1n) is 6.03. The van der Waals surface area contributed by atoms with Gasteiger partial charge in [-0.3, -0.25) is 4.79 Å². The zero-order valence-electron chi connectivity index (χ0n) is 10.8. The van der Waals surface area contributed by atoms with E-state index < -0.39 is 11.6 Å². The number of benzene rings is 1. The van der Waals surface area contributed by atoms with Gasteiger partial charge in [0, 0.05) is 19.7 Å². The van der Waals surface area contributed by atoms with E-state index in [1.54, 1.807) is 7.11 Å². The standard InChI is InChI=1S/C13H18F2N2O2/c1-19-5-4-17-13(18)9-16-3-2-10-6-11(14)8-12(15)7-10/h6-8,16H,2-5,9H2,1H3,(H,17,18). The molecule has 0 unspecified atom stereocenters. The number of amides is 1. The molecule has 0 bridgehead atoms. The Kier molecular flexibility index (Phi) is 6.99. The van der Waals surface area contributed by atoms with Crippen LogP contribution in [0.15, 0.2) is 18.2 Å². The fraction of sp³-hybridized carbons (Fsp3) is 0.462. The smallest absolute Gasteiger partial charge is 0.234 e. The zero-order valence-corrected chi connectivity index (χ0v) is 10.8. The SMILES string of the molecule is COCCNC(=O)CNCCc1cc(F)cc(F)c1. The van der Waals surface area contributed by atoms with Gasteiger partial charge in [-0.1, -0.05) is 0 Å². The summed E-state index contributed by atoms with van der Waals surface area (Å²) in [6, 6.07) is 3.40. The lowest BCUT2D eigenvalue weighted by atomic mass is 10.1. The summed E-state index contributed by atoms with van der Waals surface area (Å²) in [7, 11) is 1.56. The van der Waals surface area contributed by atoms with Crippen LogP contribution in [0.4, 0.5) is 8.78 Å². The third-order valence-corrected chi connectivity index (χ3v) is 2.43. The van der Waals surface area contributed by atoms with Crippen LogP contribution < -0.4 is 10.6 Å². The van der Waals surface area contributed by atoms with E-state index in [4.69, 9.17) is 4.74 Å². The highest BCUT2D eigenvalue weighted by molar-refractivity contribution is 5.77. The van der Waals surface area contributed by atoms with Gasteiger partial charge in [0.2, 0.25) is 5.91 Å². The Morgan fingerprint density at radius 2 is 1.89 bits per heavy atom. The summed E-state index contributed by atoms with van der Waals surface area (Å²) in [5.41, 5.74) is 0.560. The average molecular weight is 272 g/mol. The highest BCUT2D eigenvalue weighted by atomic mass is 19.1. The minimum absolute atomic E-state index is 0.137. The van der Waals surface area contributed by atoms with E-state index in [0.717, 1.165) is 6.07 Å². The lowest BCUT2D eigenvalue weighted by Gasteiger charge is -2.06. The van der Waals surface area contributed by atoms with Crippen LogP contribution in [-0.2, 0) is 16.0 Å². The number of hydrogen-bond acceptors (Lipinski definition) is 3. The Morgan fingerprint density at radius 3 is 2.53 bits per heavy atom. The lowest BCUT2D eigenvalue weighted by molar-refractivity contribution is -0.120. The van der Waals surface area contributed by atoms with Gasteiger partial charge in [-0.05, 0) is 30.7 Å². The van der Waals surface area contributed by atoms with Gasteiger partial charge in [0.1, 0.15) is 11.6 Å². The summed E-state index contributed by atoms with van der Waals surface area (Å²) in [6.07, 6.45) is 0.458. The van der Waals surface area contributed by atoms with E-state index in [2.05, 4.69) is 10.6 Å². The van der Waals surface area contributed by atoms with Gasteiger partial charge < -0.3 is 15.4 Å². The fourth-order valence-electron chi connectivity index (χ4n) is 1.54. The quantitative estimate of drug-likeness (QED) is 0.690. The molecule has 0 aliphatic heterocycles. The van der Waals surface area contributed by atoms with E-state index in [-0.39, 0.29) is 12.5 Å². The lowest BCUT2D eigenvalue weighted by Crippen LogP contribution is -2.36. The van der Waals surface area contributed by atoms with Gasteiger partial charge in [0.25, 0.3) is 0 Å². The molecule has 0 saturated heterocycles. The van der Waals surface area contributed by atoms with Crippen LogP contribution in [-0.4, -0.2) is 39.3 Å². The van der Waals surface area contributed by atoms with Crippen molar-refractivity contribution in [1.29, 1.82) is 0 Å². The van der Waals surface area contributed by atoms with Crippen LogP contribution in [0.2, 0.25) is 0 Å². The molecule has 0 atom stereocenters. The maximum absolute atomic E-state index is 12.9. The normalized spacial score (nSPS) is 10.5. The number of methoxy groups -OCH3 is 1. The molecule has 0 radical (unpaired) electrons. The van der Waals surface area contributed by atoms with Crippen molar-refractivity contribution in [3.05, 3.63) is 35.4 Å². The second-order valence-corrected chi connectivity index (χ2v) is 4.05. The molecular weight excluding hydrogens is 254 g/mol. The monoisotopic (exact) mass is 272 g/mol. The van der Waals surface area contributed by atoms with Crippen molar-refractivity contribution in [2.75, 3.05) is 33.4 Å². The van der Waals surface area contributed by atoms with Gasteiger partial charge in [0.15, 0.2) is 0 Å². The van der Waals surface area contributed by atoms with Crippen LogP contribution >= 0.6 is 0 Å². The molecule has 0 saturated carbocycles. The fourth-order valence-corrected chi connectivity index (χ4v) is 1.54. The van der Waals surface area contributed by atoms with Crippen LogP contribution in [0.25, 0.3) is 0 Å². The van der Waals surface area contributed by atoms with Crippen molar-refractivity contribution in [3.63, 3.8) is 0 Å². The largest absolute Gasteiger partial charge is 0.383 e. The Labute approximate surface area is 111 Å². The number of ether oxygens (including phenoxy) is 1. The molecule has 106 valence electrons. The van der Waals surface area contributed by atoms with Crippen molar-refractivity contribution in [1.82, 2.24) is 10.6 Å². The predicted octanol–water partition coefficient (Wildman–Crippen LogP) is 0.860. The molecule has 1 amide bonds. The maximum Gasteiger partial charge on any atom is 0.234 e. The number of rotatable bonds is 8. The van der Waals surface area contributed by atoms with E-state index >= 15 is 0 Å². The van der Waals surface area contributed by atoms with E-state index in [1.165, 1.54) is 12.1 Å². The Morgan fingerprint density at radius 1 is 1.21 bits per heavy atom. The van der Waals surface area contributed by atoms with Crippen molar-refractivity contribution < 1.29 is 18.3 Å². The molecule has 0 fully saturated rings. The first kappa shape index (κ1) is 15.5. The van der Waals surface area contributed by atoms with Gasteiger partial charge in [-0.15, -0.1) is 0 Å². The summed E-state index contributed by atoms with van der Waals surface area (Å²) in [5.74, 6) is -1.32. The molecule has 19 heavy (non-hydrogen) atoms. The summed E-state index contributed by atoms with van der Waals surface area (Å²) in [6.45, 7) is 1.57. The molecule has 0 spiro atoms. The van der Waals surface area contributed by atoms with Crippen molar-refractivity contribution in [2.45, 2.75) is 6.42 Å². The number of carbonyl (C=O) groups is 1. The van der Waals surface area contributed by atoms with Gasteiger partial charge in [-0.25, -0.2) is 8.78 Å². The first-order chi connectivity index (χ1) is 9.11. The Bertz CT molecular complexity index is 393. The predicted molar refractivity (Wildman–Crippen MR) is 67.8 cm³/mol. The topological polar surface area (TPSA) is 50.4 Å². The third-order valence-electron chi connectivity index (χ3n) is 2.43. The number of halogens is 2. The van der Waals surface area contributed by atoms with Crippen LogP contribution in [0.5, 0.6) is 0 Å². The van der Waals surface area contributed by atoms with Crippen LogP contribution in [0.3, 0.4) is 0 Å². The summed E-state index contributed by atoms with van der Waals surface area (Å²) in [4.78, 5) is 11.3. The maximum atomic E-state index is 12.9. The average Bonchev–Trinajstić information content (AvgIpc) is 2.34. The van der Waals surface area contributed by atoms with Gasteiger partial charge in [0.05, 0.1) is 13.2 Å². The first-order valence-corrected chi connectivity index (χ1v) is 6.03. The van der Waals surface area contributed by atoms with Gasteiger partial charge >= 0.3 is 0 Å². The second kappa shape index (κ2) is 8.55. The van der Waals surface area contributed by atoms with E-state index in [0.29, 0.717) is 31.7 Å². The molecule has 0 heterocycles. The molecule has 1 aromatic carbocycles. The van der Waals surface area contributed by atoms with Crippen molar-refractivity contribution >= 4 is 5.91 Å². The number of hydrogen-bond donors (Lipinski definition) is 2. The molecular formula is C13H18F2N2O2. The van der Waals surface area contributed by atoms with Crippen molar-refractivity contribution in [2.24, 2.45) is 0 Å². The molecule has 2 N–H and O–H groups in total. The van der Waals surface area contributed by atoms with E-state index in [9.17, 15) is 13.6 Å². The highest BCUT2D eigenvalue weighted by Gasteiger charge is 2.02. The molecule has 6 heteroatoms. The Balaban J connectivity index is 2.18. The molecule has 0 aromatic heterocycles. The number of carbonyl (C=O) groups excluding carboxylic acids is 1. The summed E-state index contributed by atoms with van der Waals surface area (Å²) in [5, 5.41) is 5.56. The molecule has 4 nitrogen and oxygen atoms in total. The molecule has 0 aliphatic rings. The third kappa shape index (κ3) is 6.83. The summed E-state index contributed by atoms with van der Waals surface area (Å²) >= 11 is 0. The molecule has 1 aromatic rings. The zero-order chi connectivity index (χ0) is 14.1. The van der Waals surface area contributed by atoms with Crippen molar-refractivity contribution in [3.8, 4) is 0 Å². The Hall–Kier alpha value is -1.53. The summed E-state index contributed by atoms with van der Waals surface area (Å²) < 4.78 is 30.6. The van der Waals surface area contributed by atoms with Crippen LogP contribution in [0.1, 0.15) is 5.56 Å². The molecule has 0 aliphatic carbocycles. The van der Waals surface area contributed by atoms with Gasteiger partial charge in [-0.2, -0.15) is 0 Å². The highest BCUT2D eigenvalue weighted by Crippen LogP contribution is 2.07.